The second-order valence-corrected chi connectivity index (χ2v) is 6.24. The minimum Gasteiger partial charge on any atom is -0.478 e. The molecule has 3 nitrogen and oxygen atoms in total. The van der Waals surface area contributed by atoms with Gasteiger partial charge in [-0.05, 0) is 12.0 Å². The normalized spacial score (nSPS) is 12.3. The lowest BCUT2D eigenvalue weighted by atomic mass is 10.0. The van der Waals surface area contributed by atoms with Crippen molar-refractivity contribution in [1.82, 2.24) is 4.98 Å². The van der Waals surface area contributed by atoms with Crippen molar-refractivity contribution in [1.29, 1.82) is 0 Å². The van der Waals surface area contributed by atoms with Crippen LogP contribution in [0.1, 0.15) is 54.5 Å². The number of thioether (sulfide) groups is 1. The Balaban J connectivity index is 3.84. The fourth-order valence-electron chi connectivity index (χ4n) is 1.93. The Kier molecular flexibility index (Phi) is 5.77. The van der Waals surface area contributed by atoms with Crippen LogP contribution in [0.15, 0.2) is 4.90 Å². The van der Waals surface area contributed by atoms with Crippen molar-refractivity contribution in [3.05, 3.63) is 22.5 Å². The molecule has 0 atom stereocenters. The van der Waals surface area contributed by atoms with Gasteiger partial charge in [0.2, 0.25) is 0 Å². The lowest BCUT2D eigenvalue weighted by Gasteiger charge is -2.20. The summed E-state index contributed by atoms with van der Waals surface area (Å²) >= 11 is 0.882. The third kappa shape index (κ3) is 3.88. The predicted molar refractivity (Wildman–Crippen MR) is 71.5 cm³/mol. The van der Waals surface area contributed by atoms with Gasteiger partial charge in [0.15, 0.2) is 5.69 Å². The number of carbonyl (C=O) groups is 1. The first-order chi connectivity index (χ1) is 10.0. The van der Waals surface area contributed by atoms with Crippen LogP contribution >= 0.6 is 11.8 Å². The van der Waals surface area contributed by atoms with Crippen LogP contribution in [0.5, 0.6) is 0 Å². The van der Waals surface area contributed by atoms with E-state index >= 15 is 0 Å². The Morgan fingerprint density at radius 3 is 2.18 bits per heavy atom. The summed E-state index contributed by atoms with van der Waals surface area (Å²) in [6.45, 7) is 4.75. The van der Waals surface area contributed by atoms with Crippen LogP contribution in [0, 0.1) is 0 Å². The summed E-state index contributed by atoms with van der Waals surface area (Å²) in [5.74, 6) is -1.83. The van der Waals surface area contributed by atoms with Crippen molar-refractivity contribution in [2.45, 2.75) is 49.9 Å². The summed E-state index contributed by atoms with van der Waals surface area (Å²) < 4.78 is 65.2. The molecule has 0 fully saturated rings. The maximum absolute atomic E-state index is 13.1. The average molecular weight is 343 g/mol. The summed E-state index contributed by atoms with van der Waals surface area (Å²) in [4.78, 5) is 14.0. The van der Waals surface area contributed by atoms with Gasteiger partial charge < -0.3 is 5.11 Å². The molecule has 0 saturated carbocycles. The molecule has 1 aromatic rings. The Bertz CT molecular complexity index is 573. The number of nitrogens with zero attached hydrogens (tertiary/aromatic N) is 1. The molecule has 0 radical (unpaired) electrons. The molecule has 124 valence electrons. The minimum absolute atomic E-state index is 0.123. The Morgan fingerprint density at radius 2 is 1.86 bits per heavy atom. The van der Waals surface area contributed by atoms with E-state index in [-0.39, 0.29) is 22.1 Å². The molecule has 22 heavy (non-hydrogen) atoms. The van der Waals surface area contributed by atoms with Crippen molar-refractivity contribution in [2.24, 2.45) is 0 Å². The fourth-order valence-corrected chi connectivity index (χ4v) is 3.04. The molecule has 0 aromatic carbocycles. The van der Waals surface area contributed by atoms with Crippen LogP contribution in [0.2, 0.25) is 0 Å². The van der Waals surface area contributed by atoms with Crippen LogP contribution in [0.25, 0.3) is 0 Å². The lowest BCUT2D eigenvalue weighted by Crippen LogP contribution is -2.20. The molecule has 9 heteroatoms. The van der Waals surface area contributed by atoms with Gasteiger partial charge in [-0.3, -0.25) is 0 Å². The zero-order chi connectivity index (χ0) is 17.2. The summed E-state index contributed by atoms with van der Waals surface area (Å²) in [7, 11) is 0. The predicted octanol–water partition coefficient (Wildman–Crippen LogP) is 4.80. The zero-order valence-corrected chi connectivity index (χ0v) is 12.8. The smallest absolute Gasteiger partial charge is 0.434 e. The highest BCUT2D eigenvalue weighted by molar-refractivity contribution is 8.00. The standard InChI is InChI=1S/C13H14F5NO2S/c1-4-6-7(12(20)21)10(13(16,17)18)19-8(11(14)15)9(6)22-5(2)3/h5,11H,4H2,1-3H3,(H,20,21). The van der Waals surface area contributed by atoms with E-state index in [0.717, 1.165) is 11.8 Å². The molecule has 0 unspecified atom stereocenters. The quantitative estimate of drug-likeness (QED) is 0.616. The number of aromatic carboxylic acids is 1. The number of aromatic nitrogens is 1. The van der Waals surface area contributed by atoms with Crippen LogP contribution in [0.4, 0.5) is 22.0 Å². The van der Waals surface area contributed by atoms with E-state index in [0.29, 0.717) is 0 Å². The zero-order valence-electron chi connectivity index (χ0n) is 12.0. The minimum atomic E-state index is -5.12. The van der Waals surface area contributed by atoms with E-state index in [9.17, 15) is 26.7 Å². The molecule has 0 spiro atoms. The Hall–Kier alpha value is -1.38. The van der Waals surface area contributed by atoms with Crippen molar-refractivity contribution in [3.8, 4) is 0 Å². The molecule has 1 aromatic heterocycles. The fraction of sp³-hybridized carbons (Fsp3) is 0.538. The largest absolute Gasteiger partial charge is 0.478 e. The second-order valence-electron chi connectivity index (χ2n) is 4.65. The first-order valence-electron chi connectivity index (χ1n) is 6.32. The number of rotatable bonds is 5. The van der Waals surface area contributed by atoms with Gasteiger partial charge >= 0.3 is 12.1 Å². The van der Waals surface area contributed by atoms with E-state index in [4.69, 9.17) is 5.11 Å². The Morgan fingerprint density at radius 1 is 1.32 bits per heavy atom. The molecule has 0 aliphatic heterocycles. The maximum atomic E-state index is 13.1. The van der Waals surface area contributed by atoms with Gasteiger partial charge in [0.05, 0.1) is 5.56 Å². The number of hydrogen-bond donors (Lipinski definition) is 1. The molecule has 0 amide bonds. The number of halogens is 5. The highest BCUT2D eigenvalue weighted by Crippen LogP contribution is 2.41. The number of carboxylic acids is 1. The third-order valence-corrected chi connectivity index (χ3v) is 3.84. The van der Waals surface area contributed by atoms with E-state index in [1.807, 2.05) is 0 Å². The maximum Gasteiger partial charge on any atom is 0.434 e. The van der Waals surface area contributed by atoms with E-state index < -0.39 is 35.5 Å². The van der Waals surface area contributed by atoms with Crippen molar-refractivity contribution in [2.75, 3.05) is 0 Å². The van der Waals surface area contributed by atoms with Gasteiger partial charge in [-0.1, -0.05) is 20.8 Å². The average Bonchev–Trinajstić information content (AvgIpc) is 2.35. The first-order valence-corrected chi connectivity index (χ1v) is 7.20. The van der Waals surface area contributed by atoms with Crippen molar-refractivity contribution in [3.63, 3.8) is 0 Å². The first kappa shape index (κ1) is 18.7. The number of hydrogen-bond acceptors (Lipinski definition) is 3. The molecule has 1 heterocycles. The third-order valence-electron chi connectivity index (χ3n) is 2.67. The van der Waals surface area contributed by atoms with Crippen LogP contribution in [-0.4, -0.2) is 21.3 Å². The molecule has 1 N–H and O–H groups in total. The highest BCUT2D eigenvalue weighted by Gasteiger charge is 2.41. The molecule has 0 saturated heterocycles. The summed E-state index contributed by atoms with van der Waals surface area (Å²) in [6, 6.07) is 0. The molecule has 0 aliphatic carbocycles. The summed E-state index contributed by atoms with van der Waals surface area (Å²) in [6.07, 6.45) is -8.47. The number of pyridine rings is 1. The van der Waals surface area contributed by atoms with Crippen LogP contribution in [-0.2, 0) is 12.6 Å². The van der Waals surface area contributed by atoms with E-state index in [1.165, 1.54) is 6.92 Å². The van der Waals surface area contributed by atoms with E-state index in [1.54, 1.807) is 13.8 Å². The Labute approximate surface area is 127 Å². The van der Waals surface area contributed by atoms with Crippen molar-refractivity contribution >= 4 is 17.7 Å². The van der Waals surface area contributed by atoms with Gasteiger partial charge in [0, 0.05) is 10.1 Å². The van der Waals surface area contributed by atoms with Crippen LogP contribution < -0.4 is 0 Å². The summed E-state index contributed by atoms with van der Waals surface area (Å²) in [5, 5.41) is 8.87. The molecule has 1 rings (SSSR count). The van der Waals surface area contributed by atoms with Crippen LogP contribution in [0.3, 0.4) is 0 Å². The number of carboxylic acid groups (broad SMARTS) is 1. The molecular formula is C13H14F5NO2S. The molecule has 0 bridgehead atoms. The van der Waals surface area contributed by atoms with E-state index in [2.05, 4.69) is 4.98 Å². The summed E-state index contributed by atoms with van der Waals surface area (Å²) in [5.41, 5.74) is -4.11. The second kappa shape index (κ2) is 6.80. The van der Waals surface area contributed by atoms with Crippen molar-refractivity contribution < 1.29 is 31.9 Å². The SMILES string of the molecule is CCc1c(SC(C)C)c(C(F)F)nc(C(F)(F)F)c1C(=O)O. The van der Waals surface area contributed by atoms with Gasteiger partial charge in [0.1, 0.15) is 5.69 Å². The van der Waals surface area contributed by atoms with Gasteiger partial charge in [0.25, 0.3) is 6.43 Å². The molecular weight excluding hydrogens is 329 g/mol. The molecule has 0 aliphatic rings. The van der Waals surface area contributed by atoms with Gasteiger partial charge in [-0.25, -0.2) is 18.6 Å². The van der Waals surface area contributed by atoms with Gasteiger partial charge in [-0.2, -0.15) is 13.2 Å². The monoisotopic (exact) mass is 343 g/mol. The highest BCUT2D eigenvalue weighted by atomic mass is 32.2. The lowest BCUT2D eigenvalue weighted by molar-refractivity contribution is -0.142. The number of alkyl halides is 5. The van der Waals surface area contributed by atoms with Gasteiger partial charge in [-0.15, -0.1) is 11.8 Å². The topological polar surface area (TPSA) is 50.2 Å².